The number of rotatable bonds is 4. The summed E-state index contributed by atoms with van der Waals surface area (Å²) in [6, 6.07) is 0. The molecular formula is C5H11ClO3S. The highest BCUT2D eigenvalue weighted by atomic mass is 35.5. The molecule has 1 atom stereocenters. The number of hydrogen-bond acceptors (Lipinski definition) is 2. The molecule has 0 fully saturated rings. The molecule has 10 heavy (non-hydrogen) atoms. The van der Waals surface area contributed by atoms with Crippen LogP contribution >= 0.6 is 11.6 Å². The van der Waals surface area contributed by atoms with E-state index >= 15 is 0 Å². The highest BCUT2D eigenvalue weighted by Gasteiger charge is 2.04. The molecule has 0 spiro atoms. The average molecular weight is 187 g/mol. The van der Waals surface area contributed by atoms with Crippen molar-refractivity contribution in [3.05, 3.63) is 0 Å². The van der Waals surface area contributed by atoms with E-state index in [4.69, 9.17) is 16.2 Å². The fourth-order valence-corrected chi connectivity index (χ4v) is 1.23. The first-order chi connectivity index (χ1) is 4.42. The van der Waals surface area contributed by atoms with Crippen LogP contribution in [-0.4, -0.2) is 24.1 Å². The Morgan fingerprint density at radius 2 is 2.10 bits per heavy atom. The maximum absolute atomic E-state index is 10.1. The Labute approximate surface area is 66.1 Å². The second-order valence-corrected chi connectivity index (χ2v) is 4.53. The van der Waals surface area contributed by atoms with Crippen LogP contribution in [0.5, 0.6) is 0 Å². The van der Waals surface area contributed by atoms with Gasteiger partial charge < -0.3 is 0 Å². The molecule has 0 aliphatic carbocycles. The fourth-order valence-electron chi connectivity index (χ4n) is 0.547. The molecule has 0 aliphatic heterocycles. The van der Waals surface area contributed by atoms with E-state index in [0.29, 0.717) is 12.8 Å². The third-order valence-corrected chi connectivity index (χ3v) is 2.03. The standard InChI is InChI=1S/C5H11ClO3S/c1-5(6)3-2-4-10(7,8)9/h5H,2-4H2,1H3,(H,7,8,9). The molecule has 62 valence electrons. The second-order valence-electron chi connectivity index (χ2n) is 2.21. The van der Waals surface area contributed by atoms with E-state index in [2.05, 4.69) is 0 Å². The van der Waals surface area contributed by atoms with Gasteiger partial charge in [-0.15, -0.1) is 11.6 Å². The van der Waals surface area contributed by atoms with Crippen molar-refractivity contribution in [2.45, 2.75) is 25.1 Å². The van der Waals surface area contributed by atoms with Crippen molar-refractivity contribution in [2.75, 3.05) is 5.75 Å². The van der Waals surface area contributed by atoms with Crippen LogP contribution in [0.4, 0.5) is 0 Å². The third kappa shape index (κ3) is 8.20. The summed E-state index contributed by atoms with van der Waals surface area (Å²) in [6.45, 7) is 1.78. The molecule has 1 N–H and O–H groups in total. The van der Waals surface area contributed by atoms with Crippen molar-refractivity contribution >= 4 is 21.7 Å². The summed E-state index contributed by atoms with van der Waals surface area (Å²) >= 11 is 5.53. The van der Waals surface area contributed by atoms with Crippen LogP contribution in [0.1, 0.15) is 19.8 Å². The third-order valence-electron chi connectivity index (χ3n) is 1.00. The Balaban J connectivity index is 3.39. The highest BCUT2D eigenvalue weighted by Crippen LogP contribution is 2.04. The SMILES string of the molecule is CC(Cl)CCCS(=O)(=O)O. The van der Waals surface area contributed by atoms with Crippen molar-refractivity contribution in [1.29, 1.82) is 0 Å². The molecule has 0 saturated carbocycles. The van der Waals surface area contributed by atoms with Gasteiger partial charge in [-0.2, -0.15) is 8.42 Å². The second kappa shape index (κ2) is 4.16. The van der Waals surface area contributed by atoms with Gasteiger partial charge in [0.2, 0.25) is 0 Å². The topological polar surface area (TPSA) is 54.4 Å². The summed E-state index contributed by atoms with van der Waals surface area (Å²) < 4.78 is 28.5. The largest absolute Gasteiger partial charge is 0.286 e. The predicted molar refractivity (Wildman–Crippen MR) is 41.0 cm³/mol. The Morgan fingerprint density at radius 3 is 2.40 bits per heavy atom. The van der Waals surface area contributed by atoms with Gasteiger partial charge in [0.1, 0.15) is 0 Å². The van der Waals surface area contributed by atoms with Crippen LogP contribution in [0.15, 0.2) is 0 Å². The van der Waals surface area contributed by atoms with E-state index in [1.807, 2.05) is 0 Å². The summed E-state index contributed by atoms with van der Waals surface area (Å²) in [7, 11) is -3.78. The normalized spacial score (nSPS) is 15.1. The van der Waals surface area contributed by atoms with Crippen LogP contribution < -0.4 is 0 Å². The van der Waals surface area contributed by atoms with Crippen LogP contribution in [0.2, 0.25) is 0 Å². The minimum Gasteiger partial charge on any atom is -0.286 e. The monoisotopic (exact) mass is 186 g/mol. The molecule has 0 rings (SSSR count). The highest BCUT2D eigenvalue weighted by molar-refractivity contribution is 7.85. The lowest BCUT2D eigenvalue weighted by Gasteiger charge is -1.99. The first-order valence-electron chi connectivity index (χ1n) is 3.01. The summed E-state index contributed by atoms with van der Waals surface area (Å²) in [5.41, 5.74) is 0. The average Bonchev–Trinajstić information content (AvgIpc) is 1.59. The van der Waals surface area contributed by atoms with Crippen molar-refractivity contribution in [3.8, 4) is 0 Å². The molecule has 0 saturated heterocycles. The van der Waals surface area contributed by atoms with Gasteiger partial charge in [0.25, 0.3) is 10.1 Å². The zero-order valence-corrected chi connectivity index (χ0v) is 7.32. The lowest BCUT2D eigenvalue weighted by atomic mass is 10.3. The van der Waals surface area contributed by atoms with E-state index in [9.17, 15) is 8.42 Å². The van der Waals surface area contributed by atoms with E-state index < -0.39 is 10.1 Å². The van der Waals surface area contributed by atoms with Crippen molar-refractivity contribution in [3.63, 3.8) is 0 Å². The van der Waals surface area contributed by atoms with E-state index in [-0.39, 0.29) is 11.1 Å². The van der Waals surface area contributed by atoms with Crippen LogP contribution in [0.25, 0.3) is 0 Å². The molecule has 0 aliphatic rings. The Hall–Kier alpha value is 0.200. The Bertz CT molecular complexity index is 173. The van der Waals surface area contributed by atoms with Crippen molar-refractivity contribution in [2.24, 2.45) is 0 Å². The van der Waals surface area contributed by atoms with E-state index in [1.54, 1.807) is 6.92 Å². The molecular weight excluding hydrogens is 176 g/mol. The first-order valence-corrected chi connectivity index (χ1v) is 5.05. The summed E-state index contributed by atoms with van der Waals surface area (Å²) in [5, 5.41) is -0.0262. The molecule has 0 heterocycles. The molecule has 0 aromatic heterocycles. The van der Waals surface area contributed by atoms with Gasteiger partial charge in [-0.25, -0.2) is 0 Å². The maximum atomic E-state index is 10.1. The van der Waals surface area contributed by atoms with Gasteiger partial charge in [0.15, 0.2) is 0 Å². The zero-order valence-electron chi connectivity index (χ0n) is 5.75. The molecule has 0 amide bonds. The molecule has 0 radical (unpaired) electrons. The van der Waals surface area contributed by atoms with Crippen LogP contribution in [0.3, 0.4) is 0 Å². The quantitative estimate of drug-likeness (QED) is 0.532. The number of halogens is 1. The maximum Gasteiger partial charge on any atom is 0.264 e. The summed E-state index contributed by atoms with van der Waals surface area (Å²) in [6.07, 6.45) is 1.03. The smallest absolute Gasteiger partial charge is 0.264 e. The van der Waals surface area contributed by atoms with E-state index in [1.165, 1.54) is 0 Å². The van der Waals surface area contributed by atoms with Crippen molar-refractivity contribution < 1.29 is 13.0 Å². The molecule has 1 unspecified atom stereocenters. The van der Waals surface area contributed by atoms with Gasteiger partial charge >= 0.3 is 0 Å². The molecule has 5 heteroatoms. The van der Waals surface area contributed by atoms with Gasteiger partial charge in [0, 0.05) is 5.38 Å². The lowest BCUT2D eigenvalue weighted by Crippen LogP contribution is -2.05. The lowest BCUT2D eigenvalue weighted by molar-refractivity contribution is 0.480. The van der Waals surface area contributed by atoms with Gasteiger partial charge in [-0.1, -0.05) is 0 Å². The van der Waals surface area contributed by atoms with Crippen LogP contribution in [0, 0.1) is 0 Å². The number of hydrogen-bond donors (Lipinski definition) is 1. The van der Waals surface area contributed by atoms with Gasteiger partial charge in [-0.3, -0.25) is 4.55 Å². The molecule has 0 bridgehead atoms. The van der Waals surface area contributed by atoms with E-state index in [0.717, 1.165) is 0 Å². The minimum atomic E-state index is -3.78. The minimum absolute atomic E-state index is 0.0262. The molecule has 0 aromatic carbocycles. The first kappa shape index (κ1) is 10.2. The summed E-state index contributed by atoms with van der Waals surface area (Å²) in [4.78, 5) is 0. The van der Waals surface area contributed by atoms with Gasteiger partial charge in [-0.05, 0) is 19.8 Å². The number of alkyl halides is 1. The molecule has 3 nitrogen and oxygen atoms in total. The van der Waals surface area contributed by atoms with Gasteiger partial charge in [0.05, 0.1) is 5.75 Å². The predicted octanol–water partition coefficient (Wildman–Crippen LogP) is 1.28. The van der Waals surface area contributed by atoms with Crippen molar-refractivity contribution in [1.82, 2.24) is 0 Å². The molecule has 0 aromatic rings. The Morgan fingerprint density at radius 1 is 1.60 bits per heavy atom. The Kier molecular flexibility index (Phi) is 4.24. The van der Waals surface area contributed by atoms with Crippen LogP contribution in [-0.2, 0) is 10.1 Å². The summed E-state index contributed by atoms with van der Waals surface area (Å²) in [5.74, 6) is -0.190. The fraction of sp³-hybridized carbons (Fsp3) is 1.00. The zero-order chi connectivity index (χ0) is 8.20.